The van der Waals surface area contributed by atoms with Gasteiger partial charge in [0.15, 0.2) is 0 Å². The van der Waals surface area contributed by atoms with Gasteiger partial charge in [0.2, 0.25) is 5.91 Å². The van der Waals surface area contributed by atoms with Gasteiger partial charge in [-0.1, -0.05) is 0 Å². The van der Waals surface area contributed by atoms with E-state index in [1.807, 2.05) is 11.9 Å². The average molecular weight is 293 g/mol. The summed E-state index contributed by atoms with van der Waals surface area (Å²) in [4.78, 5) is 16.3. The van der Waals surface area contributed by atoms with Crippen molar-refractivity contribution in [3.05, 3.63) is 24.0 Å². The molecular formula is C15H20FN3O2. The Morgan fingerprint density at radius 2 is 2.29 bits per heavy atom. The third-order valence-corrected chi connectivity index (χ3v) is 4.02. The lowest BCUT2D eigenvalue weighted by Gasteiger charge is -2.36. The van der Waals surface area contributed by atoms with Gasteiger partial charge >= 0.3 is 0 Å². The quantitative estimate of drug-likeness (QED) is 0.883. The lowest BCUT2D eigenvalue weighted by Crippen LogP contribution is -2.48. The first-order chi connectivity index (χ1) is 10.1. The highest BCUT2D eigenvalue weighted by molar-refractivity contribution is 5.98. The van der Waals surface area contributed by atoms with Crippen LogP contribution in [0.1, 0.15) is 6.42 Å². The number of ether oxygens (including phenoxy) is 1. The van der Waals surface area contributed by atoms with Crippen LogP contribution in [0.4, 0.5) is 15.8 Å². The van der Waals surface area contributed by atoms with Crippen molar-refractivity contribution < 1.29 is 13.9 Å². The molecule has 1 amide bonds. The number of nitrogens with zero attached hydrogens (tertiary/aromatic N) is 2. The summed E-state index contributed by atoms with van der Waals surface area (Å²) in [5.74, 6) is -0.226. The van der Waals surface area contributed by atoms with Gasteiger partial charge in [-0.15, -0.1) is 0 Å². The number of likely N-dealkylation sites (N-methyl/N-ethyl adjacent to an activating group) is 1. The van der Waals surface area contributed by atoms with E-state index in [0.717, 1.165) is 17.9 Å². The highest BCUT2D eigenvalue weighted by Crippen LogP contribution is 2.33. The van der Waals surface area contributed by atoms with E-state index < -0.39 is 0 Å². The van der Waals surface area contributed by atoms with Crippen LogP contribution in [0.3, 0.4) is 0 Å². The fourth-order valence-corrected chi connectivity index (χ4v) is 2.85. The van der Waals surface area contributed by atoms with Crippen molar-refractivity contribution in [3.8, 4) is 0 Å². The minimum Gasteiger partial charge on any atom is -0.378 e. The molecule has 1 fully saturated rings. The number of carbonyl (C=O) groups excluding carboxylic acids is 1. The molecule has 1 aromatic carbocycles. The summed E-state index contributed by atoms with van der Waals surface area (Å²) >= 11 is 0. The molecule has 0 radical (unpaired) electrons. The van der Waals surface area contributed by atoms with Gasteiger partial charge in [0.05, 0.1) is 24.6 Å². The summed E-state index contributed by atoms with van der Waals surface area (Å²) in [6, 6.07) is 4.63. The number of halogens is 1. The monoisotopic (exact) mass is 293 g/mol. The van der Waals surface area contributed by atoms with Crippen molar-refractivity contribution >= 4 is 17.3 Å². The van der Waals surface area contributed by atoms with Crippen molar-refractivity contribution in [2.24, 2.45) is 0 Å². The molecule has 2 heterocycles. The van der Waals surface area contributed by atoms with Crippen molar-refractivity contribution in [1.29, 1.82) is 0 Å². The van der Waals surface area contributed by atoms with Crippen molar-refractivity contribution in [3.63, 3.8) is 0 Å². The average Bonchev–Trinajstić information content (AvgIpc) is 2.49. The van der Waals surface area contributed by atoms with Crippen LogP contribution in [0.5, 0.6) is 0 Å². The molecule has 1 N–H and O–H groups in total. The SMILES string of the molecule is CN1CCN(C(=O)CC2COCCN2)c2ccc(F)cc21. The molecule has 2 aliphatic rings. The largest absolute Gasteiger partial charge is 0.378 e. The first-order valence-corrected chi connectivity index (χ1v) is 7.27. The predicted octanol–water partition coefficient (Wildman–Crippen LogP) is 0.987. The highest BCUT2D eigenvalue weighted by Gasteiger charge is 2.27. The molecule has 1 atom stereocenters. The summed E-state index contributed by atoms with van der Waals surface area (Å²) in [5, 5.41) is 3.29. The molecule has 0 aromatic heterocycles. The summed E-state index contributed by atoms with van der Waals surface area (Å²) in [5.41, 5.74) is 1.55. The molecule has 0 spiro atoms. The Morgan fingerprint density at radius 1 is 1.43 bits per heavy atom. The lowest BCUT2D eigenvalue weighted by atomic mass is 10.1. The van der Waals surface area contributed by atoms with Crippen LogP contribution in [-0.4, -0.2) is 51.8 Å². The van der Waals surface area contributed by atoms with Gasteiger partial charge in [0.1, 0.15) is 5.82 Å². The van der Waals surface area contributed by atoms with Crippen molar-refractivity contribution in [2.45, 2.75) is 12.5 Å². The number of nitrogens with one attached hydrogen (secondary N) is 1. The van der Waals surface area contributed by atoms with Crippen molar-refractivity contribution in [1.82, 2.24) is 5.32 Å². The van der Waals surface area contributed by atoms with Crippen LogP contribution in [0.15, 0.2) is 18.2 Å². The second-order valence-electron chi connectivity index (χ2n) is 5.53. The second-order valence-corrected chi connectivity index (χ2v) is 5.53. The molecule has 1 unspecified atom stereocenters. The van der Waals surface area contributed by atoms with Crippen LogP contribution >= 0.6 is 0 Å². The van der Waals surface area contributed by atoms with Gasteiger partial charge in [0.25, 0.3) is 0 Å². The Balaban J connectivity index is 1.76. The molecule has 1 saturated heterocycles. The number of fused-ring (bicyclic) bond motifs is 1. The standard InChI is InChI=1S/C15H20FN3O2/c1-18-5-6-19(13-3-2-11(16)8-14(13)18)15(20)9-12-10-21-7-4-17-12/h2-3,8,12,17H,4-7,9-10H2,1H3. The highest BCUT2D eigenvalue weighted by atomic mass is 19.1. The van der Waals surface area contributed by atoms with E-state index in [0.29, 0.717) is 32.7 Å². The molecule has 2 aliphatic heterocycles. The maximum Gasteiger partial charge on any atom is 0.228 e. The van der Waals surface area contributed by atoms with Gasteiger partial charge < -0.3 is 19.9 Å². The molecule has 1 aromatic rings. The van der Waals surface area contributed by atoms with Crippen LogP contribution < -0.4 is 15.1 Å². The van der Waals surface area contributed by atoms with Crippen LogP contribution in [0.2, 0.25) is 0 Å². The molecule has 0 saturated carbocycles. The van der Waals surface area contributed by atoms with E-state index in [1.165, 1.54) is 12.1 Å². The minimum atomic E-state index is -0.280. The maximum atomic E-state index is 13.4. The van der Waals surface area contributed by atoms with Crippen LogP contribution in [-0.2, 0) is 9.53 Å². The van der Waals surface area contributed by atoms with Gasteiger partial charge in [0, 0.05) is 39.1 Å². The number of carbonyl (C=O) groups is 1. The third-order valence-electron chi connectivity index (χ3n) is 4.02. The van der Waals surface area contributed by atoms with E-state index in [2.05, 4.69) is 5.32 Å². The number of morpholine rings is 1. The molecule has 114 valence electrons. The number of hydrogen-bond acceptors (Lipinski definition) is 4. The van der Waals surface area contributed by atoms with Gasteiger partial charge in [-0.25, -0.2) is 4.39 Å². The van der Waals surface area contributed by atoms with Gasteiger partial charge in [-0.05, 0) is 18.2 Å². The van der Waals surface area contributed by atoms with E-state index in [9.17, 15) is 9.18 Å². The number of amides is 1. The Morgan fingerprint density at radius 3 is 3.05 bits per heavy atom. The molecule has 5 nitrogen and oxygen atoms in total. The smallest absolute Gasteiger partial charge is 0.228 e. The van der Waals surface area contributed by atoms with E-state index in [1.54, 1.807) is 11.0 Å². The molecule has 3 rings (SSSR count). The molecular weight excluding hydrogens is 273 g/mol. The number of hydrogen-bond donors (Lipinski definition) is 1. The number of benzene rings is 1. The summed E-state index contributed by atoms with van der Waals surface area (Å²) in [7, 11) is 1.91. The Kier molecular flexibility index (Phi) is 4.07. The fourth-order valence-electron chi connectivity index (χ4n) is 2.85. The topological polar surface area (TPSA) is 44.8 Å². The van der Waals surface area contributed by atoms with E-state index in [-0.39, 0.29) is 17.8 Å². The summed E-state index contributed by atoms with van der Waals surface area (Å²) < 4.78 is 18.8. The van der Waals surface area contributed by atoms with E-state index >= 15 is 0 Å². The normalized spacial score (nSPS) is 22.1. The van der Waals surface area contributed by atoms with Gasteiger partial charge in [-0.3, -0.25) is 4.79 Å². The fraction of sp³-hybridized carbons (Fsp3) is 0.533. The Hall–Kier alpha value is -1.66. The molecule has 6 heteroatoms. The predicted molar refractivity (Wildman–Crippen MR) is 79.2 cm³/mol. The Bertz CT molecular complexity index is 532. The van der Waals surface area contributed by atoms with E-state index in [4.69, 9.17) is 4.74 Å². The maximum absolute atomic E-state index is 13.4. The zero-order chi connectivity index (χ0) is 14.8. The minimum absolute atomic E-state index is 0.0546. The van der Waals surface area contributed by atoms with Crippen molar-refractivity contribution in [2.75, 3.05) is 49.7 Å². The zero-order valence-corrected chi connectivity index (χ0v) is 12.1. The van der Waals surface area contributed by atoms with Gasteiger partial charge in [-0.2, -0.15) is 0 Å². The Labute approximate surface area is 123 Å². The zero-order valence-electron chi connectivity index (χ0n) is 12.1. The number of anilines is 2. The van der Waals surface area contributed by atoms with Crippen LogP contribution in [0.25, 0.3) is 0 Å². The van der Waals surface area contributed by atoms with Crippen LogP contribution in [0, 0.1) is 5.82 Å². The molecule has 0 bridgehead atoms. The summed E-state index contributed by atoms with van der Waals surface area (Å²) in [6.07, 6.45) is 0.403. The second kappa shape index (κ2) is 5.99. The number of rotatable bonds is 2. The third kappa shape index (κ3) is 3.01. The molecule has 0 aliphatic carbocycles. The first-order valence-electron chi connectivity index (χ1n) is 7.27. The molecule has 21 heavy (non-hydrogen) atoms. The summed E-state index contributed by atoms with van der Waals surface area (Å²) in [6.45, 7) is 3.37. The lowest BCUT2D eigenvalue weighted by molar-refractivity contribution is -0.119. The first kappa shape index (κ1) is 14.3.